The second-order valence-electron chi connectivity index (χ2n) is 4.80. The number of carbonyl (C=O) groups excluding carboxylic acids is 1. The van der Waals surface area contributed by atoms with Gasteiger partial charge in [0, 0.05) is 19.2 Å². The molecule has 1 aromatic rings. The fraction of sp³-hybridized carbons (Fsp3) is 0.636. The second-order valence-corrected chi connectivity index (χ2v) is 6.60. The smallest absolute Gasteiger partial charge is 0.261 e. The van der Waals surface area contributed by atoms with E-state index in [2.05, 4.69) is 5.10 Å². The molecule has 8 nitrogen and oxygen atoms in total. The number of rotatable bonds is 3. The first-order valence-electron chi connectivity index (χ1n) is 6.18. The van der Waals surface area contributed by atoms with Gasteiger partial charge in [0.05, 0.1) is 18.9 Å². The van der Waals surface area contributed by atoms with Crippen molar-refractivity contribution in [2.75, 3.05) is 13.2 Å². The van der Waals surface area contributed by atoms with Gasteiger partial charge in [-0.3, -0.25) is 9.48 Å². The number of sulfonamides is 1. The van der Waals surface area contributed by atoms with Crippen molar-refractivity contribution in [2.24, 2.45) is 12.8 Å². The van der Waals surface area contributed by atoms with Crippen LogP contribution in [0.2, 0.25) is 0 Å². The Morgan fingerprint density at radius 1 is 1.55 bits per heavy atom. The van der Waals surface area contributed by atoms with E-state index in [-0.39, 0.29) is 18.2 Å². The number of primary amides is 1. The molecule has 0 spiro atoms. The van der Waals surface area contributed by atoms with Gasteiger partial charge in [0.15, 0.2) is 5.03 Å². The van der Waals surface area contributed by atoms with E-state index in [9.17, 15) is 13.2 Å². The van der Waals surface area contributed by atoms with Crippen LogP contribution in [0.4, 0.5) is 0 Å². The largest absolute Gasteiger partial charge is 0.375 e. The minimum Gasteiger partial charge on any atom is -0.375 e. The summed E-state index contributed by atoms with van der Waals surface area (Å²) in [6.07, 6.45) is 0.889. The maximum absolute atomic E-state index is 12.8. The molecule has 2 rings (SSSR count). The first-order valence-corrected chi connectivity index (χ1v) is 7.62. The molecule has 0 bridgehead atoms. The van der Waals surface area contributed by atoms with Crippen LogP contribution in [-0.2, 0) is 26.6 Å². The molecule has 0 saturated carbocycles. The average Bonchev–Trinajstić information content (AvgIpc) is 2.68. The summed E-state index contributed by atoms with van der Waals surface area (Å²) in [4.78, 5) is 11.6. The lowest BCUT2D eigenvalue weighted by Crippen LogP contribution is -2.58. The number of nitrogens with two attached hydrogens (primary N) is 1. The highest BCUT2D eigenvalue weighted by Crippen LogP contribution is 2.25. The highest BCUT2D eigenvalue weighted by molar-refractivity contribution is 7.89. The number of hydrogen-bond acceptors (Lipinski definition) is 5. The molecule has 0 aromatic carbocycles. The van der Waals surface area contributed by atoms with Gasteiger partial charge in [-0.2, -0.15) is 9.40 Å². The van der Waals surface area contributed by atoms with E-state index in [0.29, 0.717) is 5.56 Å². The van der Waals surface area contributed by atoms with E-state index in [0.717, 1.165) is 4.31 Å². The van der Waals surface area contributed by atoms with Gasteiger partial charge in [0.2, 0.25) is 5.91 Å². The summed E-state index contributed by atoms with van der Waals surface area (Å²) >= 11 is 0. The molecule has 0 unspecified atom stereocenters. The summed E-state index contributed by atoms with van der Waals surface area (Å²) in [7, 11) is -2.31. The molecule has 1 aromatic heterocycles. The van der Waals surface area contributed by atoms with Crippen molar-refractivity contribution in [3.05, 3.63) is 11.8 Å². The number of amides is 1. The van der Waals surface area contributed by atoms with Crippen LogP contribution in [0.25, 0.3) is 0 Å². The zero-order valence-corrected chi connectivity index (χ0v) is 12.4. The lowest BCUT2D eigenvalue weighted by Gasteiger charge is -2.36. The van der Waals surface area contributed by atoms with Gasteiger partial charge in [-0.15, -0.1) is 0 Å². The van der Waals surface area contributed by atoms with Crippen LogP contribution < -0.4 is 5.73 Å². The van der Waals surface area contributed by atoms with Crippen molar-refractivity contribution in [3.8, 4) is 0 Å². The van der Waals surface area contributed by atoms with Crippen molar-refractivity contribution >= 4 is 15.9 Å². The van der Waals surface area contributed by atoms with Gasteiger partial charge in [0.25, 0.3) is 10.0 Å². The van der Waals surface area contributed by atoms with Crippen LogP contribution >= 0.6 is 0 Å². The Labute approximate surface area is 117 Å². The molecule has 9 heteroatoms. The lowest BCUT2D eigenvalue weighted by atomic mass is 10.1. The number of aromatic nitrogens is 2. The van der Waals surface area contributed by atoms with Gasteiger partial charge in [-0.25, -0.2) is 8.42 Å². The number of aryl methyl sites for hydroxylation is 2. The van der Waals surface area contributed by atoms with Crippen molar-refractivity contribution in [1.29, 1.82) is 0 Å². The molecular weight excluding hydrogens is 284 g/mol. The third-order valence-electron chi connectivity index (χ3n) is 3.35. The summed E-state index contributed by atoms with van der Waals surface area (Å²) < 4.78 is 33.2. The molecule has 1 aliphatic rings. The molecule has 2 N–H and O–H groups in total. The van der Waals surface area contributed by atoms with Crippen LogP contribution in [0, 0.1) is 6.92 Å². The van der Waals surface area contributed by atoms with E-state index in [1.807, 2.05) is 0 Å². The molecule has 20 heavy (non-hydrogen) atoms. The summed E-state index contributed by atoms with van der Waals surface area (Å²) in [5.41, 5.74) is 5.85. The average molecular weight is 302 g/mol. The fourth-order valence-corrected chi connectivity index (χ4v) is 4.41. The minimum absolute atomic E-state index is 0.0675. The van der Waals surface area contributed by atoms with E-state index >= 15 is 0 Å². The van der Waals surface area contributed by atoms with Crippen molar-refractivity contribution in [1.82, 2.24) is 14.1 Å². The predicted molar refractivity (Wildman–Crippen MR) is 70.2 cm³/mol. The topological polar surface area (TPSA) is 108 Å². The molecule has 1 aliphatic heterocycles. The Morgan fingerprint density at radius 3 is 2.70 bits per heavy atom. The number of ether oxygens (including phenoxy) is 1. The summed E-state index contributed by atoms with van der Waals surface area (Å²) in [5.74, 6) is -0.722. The highest BCUT2D eigenvalue weighted by atomic mass is 32.2. The van der Waals surface area contributed by atoms with Gasteiger partial charge >= 0.3 is 0 Å². The van der Waals surface area contributed by atoms with E-state index < -0.39 is 28.1 Å². The molecular formula is C11H18N4O4S. The van der Waals surface area contributed by atoms with Gasteiger partial charge in [-0.1, -0.05) is 0 Å². The highest BCUT2D eigenvalue weighted by Gasteiger charge is 2.42. The van der Waals surface area contributed by atoms with Crippen molar-refractivity contribution in [3.63, 3.8) is 0 Å². The number of morpholine rings is 1. The third-order valence-corrected chi connectivity index (χ3v) is 5.45. The fourth-order valence-electron chi connectivity index (χ4n) is 2.45. The summed E-state index contributed by atoms with van der Waals surface area (Å²) in [5, 5.41) is 4.00. The Morgan fingerprint density at radius 2 is 2.20 bits per heavy atom. The van der Waals surface area contributed by atoms with Crippen molar-refractivity contribution < 1.29 is 17.9 Å². The molecule has 2 atom stereocenters. The summed E-state index contributed by atoms with van der Waals surface area (Å²) in [6.45, 7) is 3.60. The van der Waals surface area contributed by atoms with Crippen LogP contribution in [0.3, 0.4) is 0 Å². The number of nitrogens with zero attached hydrogens (tertiary/aromatic N) is 3. The maximum atomic E-state index is 12.8. The van der Waals surface area contributed by atoms with Crippen LogP contribution in [0.1, 0.15) is 12.5 Å². The molecule has 1 fully saturated rings. The molecule has 2 heterocycles. The summed E-state index contributed by atoms with van der Waals surface area (Å²) in [6, 6.07) is -1.01. The van der Waals surface area contributed by atoms with Crippen LogP contribution in [0.5, 0.6) is 0 Å². The monoisotopic (exact) mass is 302 g/mol. The predicted octanol–water partition coefficient (Wildman–Crippen LogP) is -1.01. The zero-order valence-electron chi connectivity index (χ0n) is 11.6. The third kappa shape index (κ3) is 2.32. The van der Waals surface area contributed by atoms with E-state index in [1.165, 1.54) is 10.9 Å². The Balaban J connectivity index is 2.50. The first-order chi connectivity index (χ1) is 9.26. The Kier molecular flexibility index (Phi) is 3.85. The number of carbonyl (C=O) groups is 1. The van der Waals surface area contributed by atoms with Gasteiger partial charge < -0.3 is 10.5 Å². The molecule has 0 aliphatic carbocycles. The van der Waals surface area contributed by atoms with Crippen LogP contribution in [0.15, 0.2) is 11.2 Å². The molecule has 0 radical (unpaired) electrons. The van der Waals surface area contributed by atoms with Gasteiger partial charge in [0.1, 0.15) is 6.04 Å². The van der Waals surface area contributed by atoms with Crippen LogP contribution in [-0.4, -0.2) is 53.7 Å². The van der Waals surface area contributed by atoms with Gasteiger partial charge in [-0.05, 0) is 13.8 Å². The second kappa shape index (κ2) is 5.15. The Hall–Kier alpha value is -1.45. The first kappa shape index (κ1) is 14.9. The number of hydrogen-bond donors (Lipinski definition) is 1. The maximum Gasteiger partial charge on any atom is 0.261 e. The molecule has 1 saturated heterocycles. The molecule has 1 amide bonds. The quantitative estimate of drug-likeness (QED) is 0.770. The Bertz CT molecular complexity index is 605. The van der Waals surface area contributed by atoms with E-state index in [1.54, 1.807) is 20.9 Å². The SMILES string of the molecule is Cc1cnn(C)c1S(=O)(=O)N1CCO[C@H](C)[C@H]1C(N)=O. The minimum atomic E-state index is -3.85. The molecule has 112 valence electrons. The normalized spacial score (nSPS) is 24.8. The lowest BCUT2D eigenvalue weighted by molar-refractivity contribution is -0.130. The van der Waals surface area contributed by atoms with Crippen molar-refractivity contribution in [2.45, 2.75) is 31.0 Å². The van der Waals surface area contributed by atoms with E-state index in [4.69, 9.17) is 10.5 Å². The standard InChI is InChI=1S/C11H18N4O4S/c1-7-6-13-14(3)11(7)20(17,18)15-4-5-19-8(2)9(15)10(12)16/h6,8-9H,4-5H2,1-3H3,(H2,12,16)/t8-,9+/m1/s1. The zero-order chi connectivity index (χ0) is 15.1.